The highest BCUT2D eigenvalue weighted by atomic mass is 16.5. The Morgan fingerprint density at radius 2 is 1.15 bits per heavy atom. The number of rotatable bonds is 8. The maximum Gasteiger partial charge on any atom is 0.271 e. The number of hydrazone groups is 2. The molecule has 4 aromatic carbocycles. The molecule has 0 bridgehead atoms. The molecule has 0 spiro atoms. The van der Waals surface area contributed by atoms with Gasteiger partial charge in [-0.15, -0.1) is 0 Å². The number of hydrogen-bond donors (Lipinski definition) is 4. The summed E-state index contributed by atoms with van der Waals surface area (Å²) in [5, 5.41) is 27.6. The summed E-state index contributed by atoms with van der Waals surface area (Å²) in [5.41, 5.74) is 9.29. The second-order valence-corrected chi connectivity index (χ2v) is 8.54. The Morgan fingerprint density at radius 3 is 1.64 bits per heavy atom. The molecule has 4 aromatic rings. The second kappa shape index (κ2) is 12.2. The number of nitrogens with zero attached hydrogens (tertiary/aromatic N) is 2. The van der Waals surface area contributed by atoms with Gasteiger partial charge in [0.15, 0.2) is 0 Å². The van der Waals surface area contributed by atoms with Crippen LogP contribution in [-0.2, 0) is 0 Å². The summed E-state index contributed by atoms with van der Waals surface area (Å²) in [7, 11) is 1.52. The zero-order valence-electron chi connectivity index (χ0n) is 21.3. The van der Waals surface area contributed by atoms with Crippen molar-refractivity contribution in [3.8, 4) is 28.4 Å². The molecule has 4 N–H and O–H groups in total. The van der Waals surface area contributed by atoms with E-state index in [1.165, 1.54) is 25.6 Å². The average molecular weight is 523 g/mol. The zero-order valence-corrected chi connectivity index (χ0v) is 21.3. The number of nitrogens with one attached hydrogen (secondary N) is 2. The first-order valence-electron chi connectivity index (χ1n) is 11.9. The van der Waals surface area contributed by atoms with Crippen molar-refractivity contribution in [2.24, 2.45) is 10.2 Å². The molecule has 0 heterocycles. The SMILES string of the molecule is COc1ccc(O)c(/C=N/NC(=O)c2ccc(-c3ccc(C(=O)N/N=C/c4cc(C)ccc4O)cc3)cc2)c1. The van der Waals surface area contributed by atoms with Gasteiger partial charge in [0.1, 0.15) is 17.2 Å². The number of methoxy groups -OCH3 is 1. The minimum Gasteiger partial charge on any atom is -0.507 e. The predicted octanol–water partition coefficient (Wildman–Crippen LogP) is 4.61. The standard InChI is InChI=1S/C30H26N4O5/c1-19-3-13-27(35)24(15-19)17-31-33-29(37)22-8-4-20(5-9-22)21-6-10-23(11-7-21)30(38)34-32-18-25-16-26(39-2)12-14-28(25)36/h3-18,35-36H,1-2H3,(H,33,37)(H,34,38)/b31-17+,32-18+. The van der Waals surface area contributed by atoms with Crippen molar-refractivity contribution in [2.75, 3.05) is 7.11 Å². The first-order valence-corrected chi connectivity index (χ1v) is 11.9. The smallest absolute Gasteiger partial charge is 0.271 e. The normalized spacial score (nSPS) is 11.0. The Labute approximate surface area is 225 Å². The summed E-state index contributed by atoms with van der Waals surface area (Å²) in [6.07, 6.45) is 2.72. The number of carbonyl (C=O) groups is 2. The highest BCUT2D eigenvalue weighted by molar-refractivity contribution is 5.96. The number of carbonyl (C=O) groups excluding carboxylic acids is 2. The van der Waals surface area contributed by atoms with E-state index in [1.807, 2.05) is 6.92 Å². The Hall–Kier alpha value is -5.44. The molecule has 196 valence electrons. The van der Waals surface area contributed by atoms with Crippen LogP contribution in [0, 0.1) is 6.92 Å². The van der Waals surface area contributed by atoms with Crippen LogP contribution in [0.1, 0.15) is 37.4 Å². The molecule has 2 amide bonds. The molecular weight excluding hydrogens is 496 g/mol. The van der Waals surface area contributed by atoms with Gasteiger partial charge in [0.2, 0.25) is 0 Å². The van der Waals surface area contributed by atoms with Crippen LogP contribution in [0.3, 0.4) is 0 Å². The van der Waals surface area contributed by atoms with Gasteiger partial charge in [-0.05, 0) is 72.6 Å². The second-order valence-electron chi connectivity index (χ2n) is 8.54. The largest absolute Gasteiger partial charge is 0.507 e. The van der Waals surface area contributed by atoms with Crippen LogP contribution in [0.15, 0.2) is 95.1 Å². The Morgan fingerprint density at radius 1 is 0.692 bits per heavy atom. The Kier molecular flexibility index (Phi) is 8.33. The molecule has 4 rings (SSSR count). The number of amides is 2. The van der Waals surface area contributed by atoms with Crippen molar-refractivity contribution >= 4 is 24.2 Å². The van der Waals surface area contributed by atoms with E-state index in [4.69, 9.17) is 4.74 Å². The van der Waals surface area contributed by atoms with E-state index in [-0.39, 0.29) is 17.4 Å². The van der Waals surface area contributed by atoms with Crippen LogP contribution in [0.4, 0.5) is 0 Å². The van der Waals surface area contributed by atoms with Gasteiger partial charge < -0.3 is 14.9 Å². The maximum atomic E-state index is 12.4. The molecule has 0 fully saturated rings. The molecule has 0 aliphatic carbocycles. The molecule has 0 saturated carbocycles. The molecule has 0 unspecified atom stereocenters. The zero-order chi connectivity index (χ0) is 27.8. The fraction of sp³-hybridized carbons (Fsp3) is 0.0667. The predicted molar refractivity (Wildman–Crippen MR) is 150 cm³/mol. The lowest BCUT2D eigenvalue weighted by Gasteiger charge is -2.06. The third-order valence-corrected chi connectivity index (χ3v) is 5.78. The number of aryl methyl sites for hydroxylation is 1. The van der Waals surface area contributed by atoms with E-state index in [9.17, 15) is 19.8 Å². The summed E-state index contributed by atoms with van der Waals surface area (Å²) in [5.74, 6) is -0.159. The number of aromatic hydroxyl groups is 2. The van der Waals surface area contributed by atoms with E-state index in [0.717, 1.165) is 16.7 Å². The molecular formula is C30H26N4O5. The molecule has 0 aromatic heterocycles. The van der Waals surface area contributed by atoms with Gasteiger partial charge in [-0.2, -0.15) is 10.2 Å². The van der Waals surface area contributed by atoms with E-state index in [2.05, 4.69) is 21.1 Å². The summed E-state index contributed by atoms with van der Waals surface area (Å²) in [4.78, 5) is 24.9. The van der Waals surface area contributed by atoms with Gasteiger partial charge in [-0.3, -0.25) is 9.59 Å². The topological polar surface area (TPSA) is 133 Å². The summed E-state index contributed by atoms with van der Waals surface area (Å²) < 4.78 is 5.12. The first-order chi connectivity index (χ1) is 18.8. The molecule has 0 radical (unpaired) electrons. The molecule has 9 nitrogen and oxygen atoms in total. The van der Waals surface area contributed by atoms with Gasteiger partial charge in [0, 0.05) is 22.3 Å². The Balaban J connectivity index is 1.34. The van der Waals surface area contributed by atoms with Gasteiger partial charge in [0.25, 0.3) is 11.8 Å². The fourth-order valence-electron chi connectivity index (χ4n) is 3.62. The minimum atomic E-state index is -0.410. The average Bonchev–Trinajstić information content (AvgIpc) is 2.96. The van der Waals surface area contributed by atoms with E-state index in [1.54, 1.807) is 78.9 Å². The monoisotopic (exact) mass is 522 g/mol. The van der Waals surface area contributed by atoms with Crippen LogP contribution in [-0.4, -0.2) is 41.6 Å². The van der Waals surface area contributed by atoms with E-state index < -0.39 is 5.91 Å². The van der Waals surface area contributed by atoms with Crippen molar-refractivity contribution in [2.45, 2.75) is 6.92 Å². The van der Waals surface area contributed by atoms with Gasteiger partial charge >= 0.3 is 0 Å². The molecule has 0 aliphatic rings. The number of benzene rings is 4. The van der Waals surface area contributed by atoms with Gasteiger partial charge in [-0.25, -0.2) is 10.9 Å². The Bertz CT molecular complexity index is 1550. The quantitative estimate of drug-likeness (QED) is 0.198. The highest BCUT2D eigenvalue weighted by Crippen LogP contribution is 2.22. The highest BCUT2D eigenvalue weighted by Gasteiger charge is 2.08. The molecule has 0 atom stereocenters. The van der Waals surface area contributed by atoms with Crippen molar-refractivity contribution < 1.29 is 24.5 Å². The van der Waals surface area contributed by atoms with E-state index in [0.29, 0.717) is 28.0 Å². The van der Waals surface area contributed by atoms with E-state index >= 15 is 0 Å². The van der Waals surface area contributed by atoms with Crippen LogP contribution in [0.25, 0.3) is 11.1 Å². The van der Waals surface area contributed by atoms with Crippen LogP contribution >= 0.6 is 0 Å². The first kappa shape index (κ1) is 26.6. The molecule has 0 saturated heterocycles. The third-order valence-electron chi connectivity index (χ3n) is 5.78. The van der Waals surface area contributed by atoms with Crippen molar-refractivity contribution in [1.29, 1.82) is 0 Å². The summed E-state index contributed by atoms with van der Waals surface area (Å²) in [6, 6.07) is 23.7. The van der Waals surface area contributed by atoms with Crippen LogP contribution in [0.5, 0.6) is 17.2 Å². The van der Waals surface area contributed by atoms with Crippen molar-refractivity contribution in [3.05, 3.63) is 113 Å². The van der Waals surface area contributed by atoms with Crippen molar-refractivity contribution in [1.82, 2.24) is 10.9 Å². The third kappa shape index (κ3) is 6.86. The fourth-order valence-corrected chi connectivity index (χ4v) is 3.62. The minimum absolute atomic E-state index is 0.0110. The lowest BCUT2D eigenvalue weighted by molar-refractivity contribution is 0.0947. The molecule has 9 heteroatoms. The molecule has 39 heavy (non-hydrogen) atoms. The number of ether oxygens (including phenoxy) is 1. The van der Waals surface area contributed by atoms with Crippen LogP contribution < -0.4 is 15.6 Å². The van der Waals surface area contributed by atoms with Gasteiger partial charge in [-0.1, -0.05) is 35.9 Å². The van der Waals surface area contributed by atoms with Crippen molar-refractivity contribution in [3.63, 3.8) is 0 Å². The number of phenolic OH excluding ortho intramolecular Hbond substituents is 2. The van der Waals surface area contributed by atoms with Gasteiger partial charge in [0.05, 0.1) is 19.5 Å². The lowest BCUT2D eigenvalue weighted by Crippen LogP contribution is -2.17. The maximum absolute atomic E-state index is 12.4. The summed E-state index contributed by atoms with van der Waals surface area (Å²) in [6.45, 7) is 1.89. The lowest BCUT2D eigenvalue weighted by atomic mass is 10.0. The summed E-state index contributed by atoms with van der Waals surface area (Å²) >= 11 is 0. The van der Waals surface area contributed by atoms with Crippen LogP contribution in [0.2, 0.25) is 0 Å². The number of hydrogen-bond acceptors (Lipinski definition) is 7. The number of phenols is 2. The molecule has 0 aliphatic heterocycles.